The number of rotatable bonds is 5. The predicted octanol–water partition coefficient (Wildman–Crippen LogP) is 3.11. The number of aryl methyl sites for hydroxylation is 2. The first-order valence-electron chi connectivity index (χ1n) is 9.75. The summed E-state index contributed by atoms with van der Waals surface area (Å²) in [5, 5.41) is 13.3. The first-order valence-corrected chi connectivity index (χ1v) is 9.75. The average Bonchev–Trinajstić information content (AvgIpc) is 3.07. The summed E-state index contributed by atoms with van der Waals surface area (Å²) in [4.78, 5) is 4.77. The van der Waals surface area contributed by atoms with Gasteiger partial charge in [0.05, 0.1) is 5.69 Å². The van der Waals surface area contributed by atoms with E-state index < -0.39 is 0 Å². The van der Waals surface area contributed by atoms with Gasteiger partial charge in [0.2, 0.25) is 0 Å². The van der Waals surface area contributed by atoms with Gasteiger partial charge in [0.25, 0.3) is 0 Å². The Morgan fingerprint density at radius 2 is 1.61 bits per heavy atom. The molecule has 0 radical (unpaired) electrons. The van der Waals surface area contributed by atoms with E-state index in [1.807, 2.05) is 42.8 Å². The fourth-order valence-corrected chi connectivity index (χ4v) is 3.52. The summed E-state index contributed by atoms with van der Waals surface area (Å²) in [5.74, 6) is 1.70. The molecule has 3 heterocycles. The van der Waals surface area contributed by atoms with Crippen LogP contribution in [-0.2, 0) is 0 Å². The molecule has 0 spiro atoms. The van der Waals surface area contributed by atoms with Gasteiger partial charge in [-0.25, -0.2) is 4.68 Å². The molecule has 0 bridgehead atoms. The van der Waals surface area contributed by atoms with Crippen LogP contribution >= 0.6 is 0 Å². The Hall–Kier alpha value is -2.99. The second-order valence-electron chi connectivity index (χ2n) is 7.19. The van der Waals surface area contributed by atoms with Crippen LogP contribution in [0, 0.1) is 13.8 Å². The van der Waals surface area contributed by atoms with E-state index in [0.29, 0.717) is 0 Å². The third-order valence-electron chi connectivity index (χ3n) is 5.03. The highest BCUT2D eigenvalue weighted by Crippen LogP contribution is 2.15. The molecule has 6 nitrogen and oxygen atoms in total. The number of hydrogen-bond acceptors (Lipinski definition) is 5. The molecule has 0 atom stereocenters. The van der Waals surface area contributed by atoms with Gasteiger partial charge in [0.1, 0.15) is 0 Å². The van der Waals surface area contributed by atoms with Gasteiger partial charge in [-0.3, -0.25) is 4.90 Å². The van der Waals surface area contributed by atoms with Crippen LogP contribution < -0.4 is 4.90 Å². The molecule has 1 fully saturated rings. The van der Waals surface area contributed by atoms with E-state index in [2.05, 4.69) is 61.5 Å². The quantitative estimate of drug-likeness (QED) is 0.687. The molecule has 0 amide bonds. The lowest BCUT2D eigenvalue weighted by molar-refractivity contribution is 0.283. The smallest absolute Gasteiger partial charge is 0.176 e. The van der Waals surface area contributed by atoms with Crippen molar-refractivity contribution in [2.45, 2.75) is 13.8 Å². The number of hydrogen-bond donors (Lipinski definition) is 0. The highest BCUT2D eigenvalue weighted by atomic mass is 15.4. The minimum absolute atomic E-state index is 0.763. The van der Waals surface area contributed by atoms with Crippen molar-refractivity contribution in [3.63, 3.8) is 0 Å². The average molecular weight is 374 g/mol. The van der Waals surface area contributed by atoms with Crippen LogP contribution in [0.15, 0.2) is 54.6 Å². The summed E-state index contributed by atoms with van der Waals surface area (Å²) < 4.78 is 1.84. The third kappa shape index (κ3) is 4.28. The third-order valence-corrected chi connectivity index (χ3v) is 5.03. The Labute approximate surface area is 166 Å². The van der Waals surface area contributed by atoms with Gasteiger partial charge < -0.3 is 4.90 Å². The van der Waals surface area contributed by atoms with Crippen molar-refractivity contribution in [2.24, 2.45) is 0 Å². The van der Waals surface area contributed by atoms with E-state index in [9.17, 15) is 0 Å². The molecule has 0 unspecified atom stereocenters. The molecule has 1 aliphatic rings. The monoisotopic (exact) mass is 374 g/mol. The van der Waals surface area contributed by atoms with Gasteiger partial charge in [-0.1, -0.05) is 42.5 Å². The van der Waals surface area contributed by atoms with Gasteiger partial charge >= 0.3 is 0 Å². The molecule has 4 rings (SSSR count). The van der Waals surface area contributed by atoms with Gasteiger partial charge in [-0.2, -0.15) is 5.10 Å². The molecule has 28 heavy (non-hydrogen) atoms. The van der Waals surface area contributed by atoms with Gasteiger partial charge in [-0.15, -0.1) is 10.2 Å². The zero-order valence-electron chi connectivity index (χ0n) is 16.5. The number of aromatic nitrogens is 4. The lowest BCUT2D eigenvalue weighted by Gasteiger charge is -2.34. The molecule has 2 aromatic heterocycles. The van der Waals surface area contributed by atoms with E-state index in [0.717, 1.165) is 55.7 Å². The fraction of sp³-hybridized carbons (Fsp3) is 0.318. The lowest BCUT2D eigenvalue weighted by Crippen LogP contribution is -2.46. The number of nitrogens with zero attached hydrogens (tertiary/aromatic N) is 6. The van der Waals surface area contributed by atoms with Gasteiger partial charge in [0, 0.05) is 38.4 Å². The topological polar surface area (TPSA) is 50.1 Å². The predicted molar refractivity (Wildman–Crippen MR) is 113 cm³/mol. The zero-order valence-corrected chi connectivity index (χ0v) is 16.5. The van der Waals surface area contributed by atoms with Gasteiger partial charge in [-0.05, 0) is 37.6 Å². The van der Waals surface area contributed by atoms with Crippen LogP contribution in [0.3, 0.4) is 0 Å². The van der Waals surface area contributed by atoms with Crippen molar-refractivity contribution in [1.82, 2.24) is 24.9 Å². The number of benzene rings is 1. The molecule has 144 valence electrons. The number of piperazine rings is 1. The second kappa shape index (κ2) is 8.35. The molecule has 3 aromatic rings. The standard InChI is InChI=1S/C22H26N6/c1-18-17-19(2)28(25-18)22-11-10-21(23-24-22)27-15-13-26(14-16-27)12-6-9-20-7-4-3-5-8-20/h3-11,17H,12-16H2,1-2H3. The molecule has 1 saturated heterocycles. The van der Waals surface area contributed by atoms with Gasteiger partial charge in [0.15, 0.2) is 11.6 Å². The maximum absolute atomic E-state index is 4.47. The van der Waals surface area contributed by atoms with Crippen LogP contribution in [0.25, 0.3) is 11.9 Å². The lowest BCUT2D eigenvalue weighted by atomic mass is 10.2. The Bertz CT molecular complexity index is 921. The van der Waals surface area contributed by atoms with E-state index in [4.69, 9.17) is 0 Å². The van der Waals surface area contributed by atoms with Crippen LogP contribution in [0.4, 0.5) is 5.82 Å². The van der Waals surface area contributed by atoms with Crippen molar-refractivity contribution in [3.05, 3.63) is 71.6 Å². The Morgan fingerprint density at radius 3 is 2.25 bits per heavy atom. The van der Waals surface area contributed by atoms with Crippen molar-refractivity contribution < 1.29 is 0 Å². The van der Waals surface area contributed by atoms with Crippen LogP contribution in [-0.4, -0.2) is 57.6 Å². The van der Waals surface area contributed by atoms with Crippen molar-refractivity contribution in [2.75, 3.05) is 37.6 Å². The zero-order chi connectivity index (χ0) is 19.3. The first kappa shape index (κ1) is 18.4. The summed E-state index contributed by atoms with van der Waals surface area (Å²) in [6.07, 6.45) is 4.43. The second-order valence-corrected chi connectivity index (χ2v) is 7.19. The Morgan fingerprint density at radius 1 is 0.893 bits per heavy atom. The summed E-state index contributed by atoms with van der Waals surface area (Å²) in [7, 11) is 0. The molecule has 6 heteroatoms. The SMILES string of the molecule is Cc1cc(C)n(-c2ccc(N3CCN(CC=Cc4ccccc4)CC3)nn2)n1. The van der Waals surface area contributed by atoms with Crippen LogP contribution in [0.2, 0.25) is 0 Å². The molecular weight excluding hydrogens is 348 g/mol. The highest BCUT2D eigenvalue weighted by Gasteiger charge is 2.17. The first-order chi connectivity index (χ1) is 13.7. The van der Waals surface area contributed by atoms with Crippen LogP contribution in [0.5, 0.6) is 0 Å². The van der Waals surface area contributed by atoms with E-state index in [1.54, 1.807) is 0 Å². The molecular formula is C22H26N6. The summed E-state index contributed by atoms with van der Waals surface area (Å²) in [6.45, 7) is 8.98. The summed E-state index contributed by atoms with van der Waals surface area (Å²) >= 11 is 0. The van der Waals surface area contributed by atoms with E-state index >= 15 is 0 Å². The largest absolute Gasteiger partial charge is 0.353 e. The highest BCUT2D eigenvalue weighted by molar-refractivity contribution is 5.48. The molecule has 0 N–H and O–H groups in total. The molecule has 0 aliphatic carbocycles. The van der Waals surface area contributed by atoms with Crippen molar-refractivity contribution in [1.29, 1.82) is 0 Å². The van der Waals surface area contributed by atoms with Crippen molar-refractivity contribution in [3.8, 4) is 5.82 Å². The fourth-order valence-electron chi connectivity index (χ4n) is 3.52. The molecule has 0 saturated carbocycles. The maximum atomic E-state index is 4.47. The Balaban J connectivity index is 1.31. The maximum Gasteiger partial charge on any atom is 0.176 e. The Kier molecular flexibility index (Phi) is 5.48. The minimum Gasteiger partial charge on any atom is -0.353 e. The van der Waals surface area contributed by atoms with Crippen LogP contribution in [0.1, 0.15) is 17.0 Å². The normalized spacial score (nSPS) is 15.4. The van der Waals surface area contributed by atoms with Crippen molar-refractivity contribution >= 4 is 11.9 Å². The van der Waals surface area contributed by atoms with E-state index in [1.165, 1.54) is 5.56 Å². The molecule has 1 aromatic carbocycles. The number of anilines is 1. The molecule has 1 aliphatic heterocycles. The summed E-state index contributed by atoms with van der Waals surface area (Å²) in [6, 6.07) is 16.5. The summed E-state index contributed by atoms with van der Waals surface area (Å²) in [5.41, 5.74) is 3.30. The van der Waals surface area contributed by atoms with E-state index in [-0.39, 0.29) is 0 Å². The minimum atomic E-state index is 0.763.